The summed E-state index contributed by atoms with van der Waals surface area (Å²) in [6.45, 7) is 4.89. The van der Waals surface area contributed by atoms with Crippen molar-refractivity contribution >= 4 is 29.3 Å². The quantitative estimate of drug-likeness (QED) is 0.198. The minimum atomic E-state index is -0.902. The number of ether oxygens (including phenoxy) is 3. The van der Waals surface area contributed by atoms with Crippen molar-refractivity contribution in [3.8, 4) is 28.6 Å². The number of carbonyl (C=O) groups is 2. The van der Waals surface area contributed by atoms with Gasteiger partial charge in [0.1, 0.15) is 0 Å². The minimum Gasteiger partial charge on any atom is -0.493 e. The molecule has 4 rings (SSSR count). The van der Waals surface area contributed by atoms with Gasteiger partial charge in [0, 0.05) is 30.7 Å². The van der Waals surface area contributed by atoms with Crippen molar-refractivity contribution in [1.29, 1.82) is 0 Å². The molecule has 2 aromatic carbocycles. The van der Waals surface area contributed by atoms with Gasteiger partial charge in [-0.2, -0.15) is 4.98 Å². The molecule has 0 radical (unpaired) electrons. The minimum absolute atomic E-state index is 0.221. The maximum Gasteiger partial charge on any atom is 0.308 e. The summed E-state index contributed by atoms with van der Waals surface area (Å²) in [6, 6.07) is 12.4. The standard InChI is InChI=1S/C25H26N4O5S/c1-5-6-13-35-25-26-23-22(27-28-25)18-9-7-8-10-19(18)29(15(2)30)24(34-23)17-11-12-20(32-4)21(14-17)33-16(3)31/h7-12,14,24H,5-6,13H2,1-4H3/t24-/m1/s1. The first-order valence-electron chi connectivity index (χ1n) is 11.2. The van der Waals surface area contributed by atoms with E-state index < -0.39 is 12.2 Å². The lowest BCUT2D eigenvalue weighted by molar-refractivity contribution is -0.132. The fourth-order valence-electron chi connectivity index (χ4n) is 3.72. The largest absolute Gasteiger partial charge is 0.493 e. The van der Waals surface area contributed by atoms with E-state index >= 15 is 0 Å². The summed E-state index contributed by atoms with van der Waals surface area (Å²) in [5.74, 6) is 0.994. The first-order chi connectivity index (χ1) is 16.9. The van der Waals surface area contributed by atoms with Crippen molar-refractivity contribution < 1.29 is 23.8 Å². The Morgan fingerprint density at radius 3 is 2.63 bits per heavy atom. The molecule has 0 N–H and O–H groups in total. The number of aromatic nitrogens is 3. The highest BCUT2D eigenvalue weighted by Crippen LogP contribution is 2.44. The number of methoxy groups -OCH3 is 1. The third-order valence-electron chi connectivity index (χ3n) is 5.31. The molecule has 0 spiro atoms. The Hall–Kier alpha value is -3.66. The maximum atomic E-state index is 13.0. The van der Waals surface area contributed by atoms with Crippen molar-refractivity contribution in [2.24, 2.45) is 0 Å². The van der Waals surface area contributed by atoms with E-state index in [4.69, 9.17) is 14.2 Å². The van der Waals surface area contributed by atoms with E-state index in [9.17, 15) is 9.59 Å². The predicted molar refractivity (Wildman–Crippen MR) is 132 cm³/mol. The first-order valence-corrected chi connectivity index (χ1v) is 12.2. The number of carbonyl (C=O) groups excluding carboxylic acids is 2. The van der Waals surface area contributed by atoms with Gasteiger partial charge in [-0.1, -0.05) is 43.3 Å². The second-order valence-electron chi connectivity index (χ2n) is 7.83. The Kier molecular flexibility index (Phi) is 7.50. The van der Waals surface area contributed by atoms with Gasteiger partial charge in [0.2, 0.25) is 23.2 Å². The van der Waals surface area contributed by atoms with E-state index in [1.165, 1.54) is 37.6 Å². The molecule has 35 heavy (non-hydrogen) atoms. The number of benzene rings is 2. The van der Waals surface area contributed by atoms with Gasteiger partial charge >= 0.3 is 5.97 Å². The SMILES string of the molecule is CCCCSc1nnc2c(n1)O[C@H](c1ccc(OC)c(OC(C)=O)c1)N(C(C)=O)c1ccccc1-2. The second kappa shape index (κ2) is 10.7. The summed E-state index contributed by atoms with van der Waals surface area (Å²) < 4.78 is 17.1. The van der Waals surface area contributed by atoms with E-state index in [2.05, 4.69) is 22.1 Å². The monoisotopic (exact) mass is 494 g/mol. The van der Waals surface area contributed by atoms with Crippen molar-refractivity contribution in [3.05, 3.63) is 48.0 Å². The summed E-state index contributed by atoms with van der Waals surface area (Å²) in [5.41, 5.74) is 2.30. The molecule has 10 heteroatoms. The molecule has 0 unspecified atom stereocenters. The molecule has 9 nitrogen and oxygen atoms in total. The number of thioether (sulfide) groups is 1. The van der Waals surface area contributed by atoms with Crippen LogP contribution in [0.25, 0.3) is 11.3 Å². The Bertz CT molecular complexity index is 1250. The molecule has 182 valence electrons. The molecule has 0 aliphatic carbocycles. The average Bonchev–Trinajstić information content (AvgIpc) is 2.98. The van der Waals surface area contributed by atoms with Gasteiger partial charge in [-0.3, -0.25) is 14.5 Å². The molecule has 3 aromatic rings. The van der Waals surface area contributed by atoms with Crippen molar-refractivity contribution in [2.75, 3.05) is 17.8 Å². The Morgan fingerprint density at radius 1 is 1.11 bits per heavy atom. The molecule has 1 aliphatic heterocycles. The lowest BCUT2D eigenvalue weighted by atomic mass is 10.1. The van der Waals surface area contributed by atoms with E-state index in [1.54, 1.807) is 18.2 Å². The summed E-state index contributed by atoms with van der Waals surface area (Å²) in [4.78, 5) is 30.8. The van der Waals surface area contributed by atoms with Crippen LogP contribution in [0.3, 0.4) is 0 Å². The zero-order valence-electron chi connectivity index (χ0n) is 20.0. The van der Waals surface area contributed by atoms with Crippen LogP contribution in [0.4, 0.5) is 5.69 Å². The highest BCUT2D eigenvalue weighted by Gasteiger charge is 2.35. The van der Waals surface area contributed by atoms with E-state index in [0.717, 1.165) is 18.6 Å². The number of rotatable bonds is 7. The number of nitrogens with zero attached hydrogens (tertiary/aromatic N) is 4. The lowest BCUT2D eigenvalue weighted by Gasteiger charge is -2.30. The normalized spacial score (nSPS) is 14.3. The summed E-state index contributed by atoms with van der Waals surface area (Å²) in [5, 5.41) is 9.21. The number of unbranched alkanes of at least 4 members (excludes halogenated alkanes) is 1. The Morgan fingerprint density at radius 2 is 1.91 bits per heavy atom. The fourth-order valence-corrected chi connectivity index (χ4v) is 4.58. The number of hydrogen-bond donors (Lipinski definition) is 0. The fraction of sp³-hybridized carbons (Fsp3) is 0.320. The van der Waals surface area contributed by atoms with Crippen LogP contribution in [0.2, 0.25) is 0 Å². The third-order valence-corrected chi connectivity index (χ3v) is 6.23. The van der Waals surface area contributed by atoms with Crippen LogP contribution in [0.15, 0.2) is 47.6 Å². The van der Waals surface area contributed by atoms with Crippen LogP contribution < -0.4 is 19.1 Å². The summed E-state index contributed by atoms with van der Waals surface area (Å²) in [6.07, 6.45) is 1.19. The second-order valence-corrected chi connectivity index (χ2v) is 8.89. The molecule has 1 amide bonds. The highest BCUT2D eigenvalue weighted by molar-refractivity contribution is 7.99. The molecular formula is C25H26N4O5S. The van der Waals surface area contributed by atoms with Gasteiger partial charge < -0.3 is 14.2 Å². The zero-order valence-corrected chi connectivity index (χ0v) is 20.8. The van der Waals surface area contributed by atoms with E-state index in [1.807, 2.05) is 24.3 Å². The van der Waals surface area contributed by atoms with Crippen LogP contribution in [0.5, 0.6) is 17.4 Å². The average molecular weight is 495 g/mol. The van der Waals surface area contributed by atoms with Gasteiger partial charge in [-0.15, -0.1) is 10.2 Å². The van der Waals surface area contributed by atoms with Crippen molar-refractivity contribution in [2.45, 2.75) is 45.0 Å². The molecule has 1 aliphatic rings. The highest BCUT2D eigenvalue weighted by atomic mass is 32.2. The van der Waals surface area contributed by atoms with Gasteiger partial charge in [0.25, 0.3) is 0 Å². The third kappa shape index (κ3) is 5.22. The van der Waals surface area contributed by atoms with E-state index in [-0.39, 0.29) is 17.5 Å². The maximum absolute atomic E-state index is 13.0. The van der Waals surface area contributed by atoms with Gasteiger partial charge in [-0.25, -0.2) is 0 Å². The molecule has 0 bridgehead atoms. The Labute approximate surface area is 207 Å². The molecule has 0 saturated heterocycles. The Balaban J connectivity index is 1.86. The number of anilines is 1. The van der Waals surface area contributed by atoms with Crippen molar-refractivity contribution in [1.82, 2.24) is 15.2 Å². The number of hydrogen-bond acceptors (Lipinski definition) is 9. The van der Waals surface area contributed by atoms with Crippen LogP contribution >= 0.6 is 11.8 Å². The lowest BCUT2D eigenvalue weighted by Crippen LogP contribution is -2.36. The molecule has 0 fully saturated rings. The molecule has 1 atom stereocenters. The number of para-hydroxylation sites is 1. The smallest absolute Gasteiger partial charge is 0.308 e. The van der Waals surface area contributed by atoms with Crippen LogP contribution in [0.1, 0.15) is 45.4 Å². The van der Waals surface area contributed by atoms with Crippen molar-refractivity contribution in [3.63, 3.8) is 0 Å². The van der Waals surface area contributed by atoms with Gasteiger partial charge in [0.05, 0.1) is 12.8 Å². The molecular weight excluding hydrogens is 468 g/mol. The van der Waals surface area contributed by atoms with Crippen LogP contribution in [0, 0.1) is 0 Å². The van der Waals surface area contributed by atoms with Gasteiger partial charge in [-0.05, 0) is 30.7 Å². The topological polar surface area (TPSA) is 104 Å². The molecule has 0 saturated carbocycles. The van der Waals surface area contributed by atoms with Gasteiger partial charge in [0.15, 0.2) is 17.2 Å². The molecule has 2 heterocycles. The van der Waals surface area contributed by atoms with Crippen LogP contribution in [-0.4, -0.2) is 39.9 Å². The number of esters is 1. The summed E-state index contributed by atoms with van der Waals surface area (Å²) in [7, 11) is 1.48. The number of fused-ring (bicyclic) bond motifs is 3. The zero-order chi connectivity index (χ0) is 24.9. The summed E-state index contributed by atoms with van der Waals surface area (Å²) >= 11 is 1.50. The van der Waals surface area contributed by atoms with Crippen LogP contribution in [-0.2, 0) is 9.59 Å². The first kappa shape index (κ1) is 24.5. The number of amides is 1. The van der Waals surface area contributed by atoms with E-state index in [0.29, 0.717) is 33.4 Å². The predicted octanol–water partition coefficient (Wildman–Crippen LogP) is 4.81. The molecule has 1 aromatic heterocycles.